The van der Waals surface area contributed by atoms with E-state index >= 15 is 0 Å². The van der Waals surface area contributed by atoms with Gasteiger partial charge in [-0.25, -0.2) is 0 Å². The Morgan fingerprint density at radius 3 is 2.23 bits per heavy atom. The molecule has 0 bridgehead atoms. The van der Waals surface area contributed by atoms with Gasteiger partial charge >= 0.3 is 21.7 Å². The number of fused-ring (bicyclic) bond motifs is 4. The van der Waals surface area contributed by atoms with E-state index in [1.807, 2.05) is 6.07 Å². The predicted molar refractivity (Wildman–Crippen MR) is 93.1 cm³/mol. The average molecular weight is 709 g/mol. The summed E-state index contributed by atoms with van der Waals surface area (Å²) in [5, 5.41) is 2.66. The molecule has 0 unspecified atom stereocenters. The van der Waals surface area contributed by atoms with Gasteiger partial charge in [0.1, 0.15) is 0 Å². The zero-order valence-corrected chi connectivity index (χ0v) is 22.0. The number of halogens is 3. The summed E-state index contributed by atoms with van der Waals surface area (Å²) < 4.78 is 0. The molecule has 0 amide bonds. The van der Waals surface area contributed by atoms with Crippen molar-refractivity contribution in [3.8, 4) is 11.1 Å². The minimum absolute atomic E-state index is 0. The van der Waals surface area contributed by atoms with Gasteiger partial charge in [-0.2, -0.15) is 47.3 Å². The Kier molecular flexibility index (Phi) is 12.7. The molecule has 0 nitrogen and oxygen atoms in total. The fraction of sp³-hybridized carbons (Fsp3) is 0.0455. The molecule has 26 heavy (non-hydrogen) atoms. The topological polar surface area (TPSA) is 0 Å². The van der Waals surface area contributed by atoms with Crippen molar-refractivity contribution in [1.82, 2.24) is 0 Å². The Balaban J connectivity index is 0.000000436. The van der Waals surface area contributed by atoms with Gasteiger partial charge in [-0.15, -0.1) is 35.2 Å². The summed E-state index contributed by atoms with van der Waals surface area (Å²) in [6, 6.07) is 32.8. The maximum absolute atomic E-state index is 3.30. The van der Waals surface area contributed by atoms with Crippen LogP contribution in [0.25, 0.3) is 21.9 Å². The molecule has 0 fully saturated rings. The first-order chi connectivity index (χ1) is 10.9. The van der Waals surface area contributed by atoms with Crippen molar-refractivity contribution in [2.24, 2.45) is 0 Å². The number of hydrogen-bond acceptors (Lipinski definition) is 0. The van der Waals surface area contributed by atoms with Crippen LogP contribution in [-0.2, 0) is 28.1 Å². The maximum Gasteiger partial charge on any atom is 3.00 e. The minimum atomic E-state index is 0. The van der Waals surface area contributed by atoms with Crippen molar-refractivity contribution in [2.45, 2.75) is 6.42 Å². The van der Waals surface area contributed by atoms with Crippen molar-refractivity contribution in [1.29, 1.82) is 0 Å². The molecule has 0 aliphatic heterocycles. The van der Waals surface area contributed by atoms with Crippen molar-refractivity contribution < 1.29 is 93.6 Å². The van der Waals surface area contributed by atoms with Crippen LogP contribution in [-0.4, -0.2) is 0 Å². The quantitative estimate of drug-likeness (QED) is 0.0897. The van der Waals surface area contributed by atoms with Gasteiger partial charge in [0.25, 0.3) is 0 Å². The monoisotopic (exact) mass is 709 g/mol. The Morgan fingerprint density at radius 2 is 1.42 bits per heavy atom. The number of benzene rings is 3. The van der Waals surface area contributed by atoms with Gasteiger partial charge in [0.2, 0.25) is 0 Å². The van der Waals surface area contributed by atoms with Crippen LogP contribution in [0.2, 0.25) is 0 Å². The second kappa shape index (κ2) is 12.6. The third-order valence-corrected chi connectivity index (χ3v) is 4.16. The zero-order chi connectivity index (χ0) is 14.8. The van der Waals surface area contributed by atoms with Crippen molar-refractivity contribution in [2.75, 3.05) is 0 Å². The Morgan fingerprint density at radius 1 is 0.731 bits per heavy atom. The second-order valence-electron chi connectivity index (χ2n) is 5.55. The smallest absolute Gasteiger partial charge is 1.00 e. The van der Waals surface area contributed by atoms with Gasteiger partial charge in [0.15, 0.2) is 0 Å². The fourth-order valence-electron chi connectivity index (χ4n) is 3.07. The maximum atomic E-state index is 3.30. The van der Waals surface area contributed by atoms with Crippen LogP contribution in [0.4, 0.5) is 0 Å². The largest absolute Gasteiger partial charge is 3.00 e. The van der Waals surface area contributed by atoms with E-state index in [-0.39, 0.29) is 93.6 Å². The van der Waals surface area contributed by atoms with E-state index in [0.717, 1.165) is 6.42 Å². The zero-order valence-electron chi connectivity index (χ0n) is 13.9. The van der Waals surface area contributed by atoms with E-state index in [4.69, 9.17) is 0 Å². The molecule has 5 rings (SSSR count). The summed E-state index contributed by atoms with van der Waals surface area (Å²) >= 11 is 0. The van der Waals surface area contributed by atoms with Crippen LogP contribution in [0.5, 0.6) is 0 Å². The second-order valence-corrected chi connectivity index (χ2v) is 5.55. The summed E-state index contributed by atoms with van der Waals surface area (Å²) in [6.07, 6.45) is 1.05. The number of rotatable bonds is 0. The molecule has 4 aromatic carbocycles. The third-order valence-electron chi connectivity index (χ3n) is 4.16. The van der Waals surface area contributed by atoms with E-state index in [1.54, 1.807) is 0 Å². The molecule has 1 aliphatic rings. The fourth-order valence-corrected chi connectivity index (χ4v) is 3.07. The molecule has 4 aromatic rings. The Hall–Kier alpha value is 0.174. The molecular formula is C22H16I3Ti-2. The summed E-state index contributed by atoms with van der Waals surface area (Å²) in [7, 11) is 0. The molecule has 0 N–H and O–H groups in total. The van der Waals surface area contributed by atoms with Crippen LogP contribution < -0.4 is 71.9 Å². The van der Waals surface area contributed by atoms with Gasteiger partial charge in [0, 0.05) is 0 Å². The minimum Gasteiger partial charge on any atom is -1.00 e. The van der Waals surface area contributed by atoms with Crippen LogP contribution in [0.1, 0.15) is 11.1 Å². The first-order valence-corrected chi connectivity index (χ1v) is 7.60. The van der Waals surface area contributed by atoms with Crippen LogP contribution in [0.15, 0.2) is 84.9 Å². The van der Waals surface area contributed by atoms with Crippen LogP contribution in [0, 0.1) is 6.07 Å². The molecule has 1 aliphatic carbocycles. The van der Waals surface area contributed by atoms with E-state index in [0.29, 0.717) is 0 Å². The SMILES string of the molecule is [I-].[I-].[I-].[Ti+3].[c-]1cccc2c1Cc1ccccc1-2.c1ccc2[cH-]ccc2c1. The average Bonchev–Trinajstić information content (AvgIpc) is 3.19. The van der Waals surface area contributed by atoms with E-state index in [1.165, 1.54) is 33.0 Å². The van der Waals surface area contributed by atoms with E-state index in [2.05, 4.69) is 84.9 Å². The molecule has 0 aromatic heterocycles. The first-order valence-electron chi connectivity index (χ1n) is 7.60. The summed E-state index contributed by atoms with van der Waals surface area (Å²) in [5.74, 6) is 0. The summed E-state index contributed by atoms with van der Waals surface area (Å²) in [5.41, 5.74) is 5.51. The van der Waals surface area contributed by atoms with Gasteiger partial charge in [-0.1, -0.05) is 41.5 Å². The summed E-state index contributed by atoms with van der Waals surface area (Å²) in [6.45, 7) is 0. The van der Waals surface area contributed by atoms with Gasteiger partial charge in [-0.3, -0.25) is 0 Å². The third kappa shape index (κ3) is 5.83. The van der Waals surface area contributed by atoms with Gasteiger partial charge < -0.3 is 71.9 Å². The predicted octanol–water partition coefficient (Wildman–Crippen LogP) is -3.37. The van der Waals surface area contributed by atoms with E-state index < -0.39 is 0 Å². The first kappa shape index (κ1) is 26.2. The van der Waals surface area contributed by atoms with E-state index in [9.17, 15) is 0 Å². The van der Waals surface area contributed by atoms with Crippen LogP contribution in [0.3, 0.4) is 0 Å². The van der Waals surface area contributed by atoms with Crippen molar-refractivity contribution >= 4 is 10.8 Å². The molecule has 1 radical (unpaired) electrons. The molecule has 0 saturated carbocycles. The molecule has 0 heterocycles. The van der Waals surface area contributed by atoms with Crippen LogP contribution >= 0.6 is 0 Å². The summed E-state index contributed by atoms with van der Waals surface area (Å²) in [4.78, 5) is 0. The molecule has 0 saturated heterocycles. The Bertz CT molecular complexity index is 857. The van der Waals surface area contributed by atoms with Gasteiger partial charge in [0.05, 0.1) is 0 Å². The normalized spacial score (nSPS) is 9.69. The standard InChI is InChI=1S/C13H9.C9H7.3HI.Ti/c1-3-7-12-10(5-1)9-11-6-2-4-8-13(11)12;1-2-5-9-7-3-6-8(9)4-1;;;;/h1-5,7-8H,9H2;1-7H;3*1H;/q2*-1;;;;+3/p-3. The van der Waals surface area contributed by atoms with Crippen molar-refractivity contribution in [3.63, 3.8) is 0 Å². The van der Waals surface area contributed by atoms with Gasteiger partial charge in [-0.05, 0) is 6.42 Å². The number of hydrogen-bond donors (Lipinski definition) is 0. The Labute approximate surface area is 221 Å². The molecular weight excluding hydrogens is 693 g/mol. The molecule has 0 spiro atoms. The molecule has 4 heteroatoms. The molecule has 131 valence electrons. The molecule has 0 atom stereocenters. The van der Waals surface area contributed by atoms with Crippen molar-refractivity contribution in [3.05, 3.63) is 102 Å².